The van der Waals surface area contributed by atoms with Crippen molar-refractivity contribution < 1.29 is 14.4 Å². The van der Waals surface area contributed by atoms with E-state index in [-0.39, 0.29) is 17.9 Å². The largest absolute Gasteiger partial charge is 0.386 e. The van der Waals surface area contributed by atoms with E-state index >= 15 is 0 Å². The number of carbonyl (C=O) groups is 2. The van der Waals surface area contributed by atoms with Crippen LogP contribution in [0.3, 0.4) is 0 Å². The van der Waals surface area contributed by atoms with Crippen molar-refractivity contribution in [1.82, 2.24) is 15.5 Å². The van der Waals surface area contributed by atoms with E-state index in [1.807, 2.05) is 18.2 Å². The highest BCUT2D eigenvalue weighted by atomic mass is 16.7. The molecular weight excluding hydrogens is 344 g/mol. The van der Waals surface area contributed by atoms with Gasteiger partial charge in [-0.1, -0.05) is 42.4 Å². The Bertz CT molecular complexity index is 747. The van der Waals surface area contributed by atoms with Crippen LogP contribution in [-0.4, -0.2) is 53.8 Å². The molecule has 2 aliphatic heterocycles. The predicted molar refractivity (Wildman–Crippen MR) is 101 cm³/mol. The lowest BCUT2D eigenvalue weighted by atomic mass is 9.96. The molecule has 0 unspecified atom stereocenters. The Morgan fingerprint density at radius 2 is 2.11 bits per heavy atom. The van der Waals surface area contributed by atoms with E-state index in [2.05, 4.69) is 34.8 Å². The van der Waals surface area contributed by atoms with Gasteiger partial charge in [-0.05, 0) is 24.3 Å². The number of amides is 3. The SMILES string of the molecule is C[C@H](CNC(=O)C1=NO[C@]2(CCN(C(=O)NC3CC3)C2)C1)c1ccccc1. The lowest BCUT2D eigenvalue weighted by molar-refractivity contribution is -0.115. The third kappa shape index (κ3) is 4.07. The summed E-state index contributed by atoms with van der Waals surface area (Å²) in [6.45, 7) is 3.74. The number of nitrogens with one attached hydrogen (secondary N) is 2. The monoisotopic (exact) mass is 370 g/mol. The average Bonchev–Trinajstić information content (AvgIpc) is 3.25. The summed E-state index contributed by atoms with van der Waals surface area (Å²) in [6.07, 6.45) is 3.28. The summed E-state index contributed by atoms with van der Waals surface area (Å²) in [4.78, 5) is 32.1. The molecular formula is C20H26N4O3. The fourth-order valence-electron chi connectivity index (χ4n) is 3.62. The van der Waals surface area contributed by atoms with E-state index in [0.29, 0.717) is 44.2 Å². The minimum absolute atomic E-state index is 0.0347. The van der Waals surface area contributed by atoms with Crippen LogP contribution in [0.5, 0.6) is 0 Å². The van der Waals surface area contributed by atoms with Crippen molar-refractivity contribution in [2.24, 2.45) is 5.16 Å². The van der Waals surface area contributed by atoms with Gasteiger partial charge in [-0.2, -0.15) is 0 Å². The van der Waals surface area contributed by atoms with Gasteiger partial charge in [-0.3, -0.25) is 4.79 Å². The van der Waals surface area contributed by atoms with Crippen LogP contribution < -0.4 is 10.6 Å². The number of likely N-dealkylation sites (tertiary alicyclic amines) is 1. The Morgan fingerprint density at radius 3 is 2.85 bits per heavy atom. The fourth-order valence-corrected chi connectivity index (χ4v) is 3.62. The van der Waals surface area contributed by atoms with Crippen molar-refractivity contribution in [3.63, 3.8) is 0 Å². The van der Waals surface area contributed by atoms with Gasteiger partial charge in [-0.15, -0.1) is 0 Å². The molecule has 7 nitrogen and oxygen atoms in total. The molecule has 1 saturated carbocycles. The topological polar surface area (TPSA) is 83.0 Å². The molecule has 7 heteroatoms. The molecule has 1 aromatic rings. The number of hydrogen-bond acceptors (Lipinski definition) is 4. The van der Waals surface area contributed by atoms with Crippen LogP contribution in [0.25, 0.3) is 0 Å². The standard InChI is InChI=1S/C20H26N4O3/c1-14(15-5-3-2-4-6-15)12-21-18(25)17-11-20(27-23-17)9-10-24(13-20)19(26)22-16-7-8-16/h2-6,14,16H,7-13H2,1H3,(H,21,25)(H,22,26)/t14-,20-/m1/s1. The van der Waals surface area contributed by atoms with Gasteiger partial charge in [0.2, 0.25) is 0 Å². The first kappa shape index (κ1) is 17.8. The van der Waals surface area contributed by atoms with Gasteiger partial charge in [-0.25, -0.2) is 4.79 Å². The van der Waals surface area contributed by atoms with Gasteiger partial charge in [0.15, 0.2) is 5.60 Å². The summed E-state index contributed by atoms with van der Waals surface area (Å²) >= 11 is 0. The van der Waals surface area contributed by atoms with E-state index in [4.69, 9.17) is 4.84 Å². The highest BCUT2D eigenvalue weighted by molar-refractivity contribution is 6.39. The Kier molecular flexibility index (Phi) is 4.76. The maximum atomic E-state index is 12.5. The number of carbonyl (C=O) groups excluding carboxylic acids is 2. The van der Waals surface area contributed by atoms with Gasteiger partial charge in [0.05, 0.1) is 6.54 Å². The normalized spacial score (nSPS) is 25.1. The van der Waals surface area contributed by atoms with Crippen molar-refractivity contribution in [3.05, 3.63) is 35.9 Å². The van der Waals surface area contributed by atoms with Crippen molar-refractivity contribution in [2.45, 2.75) is 50.2 Å². The van der Waals surface area contributed by atoms with Gasteiger partial charge in [0.25, 0.3) is 5.91 Å². The first-order valence-electron chi connectivity index (χ1n) is 9.68. The molecule has 2 fully saturated rings. The summed E-state index contributed by atoms with van der Waals surface area (Å²) in [5.41, 5.74) is 1.06. The molecule has 0 aromatic heterocycles. The zero-order valence-electron chi connectivity index (χ0n) is 15.6. The molecule has 144 valence electrons. The van der Waals surface area contributed by atoms with Gasteiger partial charge in [0, 0.05) is 32.0 Å². The van der Waals surface area contributed by atoms with Gasteiger partial charge < -0.3 is 20.4 Å². The number of nitrogens with zero attached hydrogens (tertiary/aromatic N) is 2. The molecule has 0 bridgehead atoms. The molecule has 4 rings (SSSR count). The van der Waals surface area contributed by atoms with Crippen LogP contribution in [0.1, 0.15) is 44.1 Å². The molecule has 1 saturated heterocycles. The van der Waals surface area contributed by atoms with Crippen molar-refractivity contribution in [3.8, 4) is 0 Å². The highest BCUT2D eigenvalue weighted by Gasteiger charge is 2.48. The van der Waals surface area contributed by atoms with Crippen LogP contribution in [0.15, 0.2) is 35.5 Å². The first-order valence-corrected chi connectivity index (χ1v) is 9.68. The number of urea groups is 1. The van der Waals surface area contributed by atoms with Gasteiger partial charge in [0.1, 0.15) is 5.71 Å². The molecule has 1 aromatic carbocycles. The second-order valence-electron chi connectivity index (χ2n) is 7.91. The quantitative estimate of drug-likeness (QED) is 0.832. The second-order valence-corrected chi connectivity index (χ2v) is 7.91. The Hall–Kier alpha value is -2.57. The Balaban J connectivity index is 1.26. The lowest BCUT2D eigenvalue weighted by Crippen LogP contribution is -2.43. The average molecular weight is 370 g/mol. The van der Waals surface area contributed by atoms with Crippen LogP contribution in [0, 0.1) is 0 Å². The molecule has 1 spiro atoms. The smallest absolute Gasteiger partial charge is 0.317 e. The lowest BCUT2D eigenvalue weighted by Gasteiger charge is -2.22. The Labute approximate surface area is 159 Å². The highest BCUT2D eigenvalue weighted by Crippen LogP contribution is 2.34. The second kappa shape index (κ2) is 7.21. The third-order valence-electron chi connectivity index (χ3n) is 5.55. The minimum atomic E-state index is -0.543. The first-order chi connectivity index (χ1) is 13.0. The Morgan fingerprint density at radius 1 is 1.33 bits per heavy atom. The maximum absolute atomic E-state index is 12.5. The predicted octanol–water partition coefficient (Wildman–Crippen LogP) is 2.00. The third-order valence-corrected chi connectivity index (χ3v) is 5.55. The van der Waals surface area contributed by atoms with Crippen LogP contribution in [0.4, 0.5) is 4.79 Å². The molecule has 3 amide bonds. The zero-order chi connectivity index (χ0) is 18.9. The van der Waals surface area contributed by atoms with E-state index < -0.39 is 5.60 Å². The molecule has 2 heterocycles. The summed E-state index contributed by atoms with van der Waals surface area (Å²) in [5.74, 6) is 0.0376. The van der Waals surface area contributed by atoms with Crippen LogP contribution >= 0.6 is 0 Å². The summed E-state index contributed by atoms with van der Waals surface area (Å²) in [7, 11) is 0. The minimum Gasteiger partial charge on any atom is -0.386 e. The number of rotatable bonds is 5. The molecule has 3 aliphatic rings. The summed E-state index contributed by atoms with van der Waals surface area (Å²) in [5, 5.41) is 9.99. The zero-order valence-corrected chi connectivity index (χ0v) is 15.6. The van der Waals surface area contributed by atoms with E-state index in [1.165, 1.54) is 5.56 Å². The van der Waals surface area contributed by atoms with Crippen LogP contribution in [-0.2, 0) is 9.63 Å². The molecule has 27 heavy (non-hydrogen) atoms. The maximum Gasteiger partial charge on any atom is 0.317 e. The number of hydrogen-bond donors (Lipinski definition) is 2. The molecule has 2 N–H and O–H groups in total. The van der Waals surface area contributed by atoms with Crippen molar-refractivity contribution >= 4 is 17.6 Å². The molecule has 1 aliphatic carbocycles. The van der Waals surface area contributed by atoms with E-state index in [9.17, 15) is 9.59 Å². The fraction of sp³-hybridized carbons (Fsp3) is 0.550. The van der Waals surface area contributed by atoms with Gasteiger partial charge >= 0.3 is 6.03 Å². The summed E-state index contributed by atoms with van der Waals surface area (Å²) in [6, 6.07) is 10.4. The van der Waals surface area contributed by atoms with Crippen LogP contribution in [0.2, 0.25) is 0 Å². The van der Waals surface area contributed by atoms with Crippen molar-refractivity contribution in [1.29, 1.82) is 0 Å². The van der Waals surface area contributed by atoms with E-state index in [0.717, 1.165) is 12.8 Å². The number of benzene rings is 1. The molecule has 0 radical (unpaired) electrons. The van der Waals surface area contributed by atoms with E-state index in [1.54, 1.807) is 4.90 Å². The summed E-state index contributed by atoms with van der Waals surface area (Å²) < 4.78 is 0. The van der Waals surface area contributed by atoms with Crippen molar-refractivity contribution in [2.75, 3.05) is 19.6 Å². The number of oxime groups is 1. The molecule has 2 atom stereocenters.